The normalized spacial score (nSPS) is 18.2. The van der Waals surface area contributed by atoms with Gasteiger partial charge in [-0.3, -0.25) is 9.69 Å². The maximum atomic E-state index is 12.2. The topological polar surface area (TPSA) is 65.7 Å². The number of carbonyl (C=O) groups excluding carboxylic acids is 1. The molecule has 1 aromatic carbocycles. The Bertz CT molecular complexity index is 639. The lowest BCUT2D eigenvalue weighted by Gasteiger charge is -2.22. The van der Waals surface area contributed by atoms with E-state index in [1.807, 2.05) is 30.3 Å². The molecule has 0 radical (unpaired) electrons. The zero-order valence-electron chi connectivity index (χ0n) is 13.1. The second-order valence-electron chi connectivity index (χ2n) is 5.91. The summed E-state index contributed by atoms with van der Waals surface area (Å²) in [6, 6.07) is 11.5. The van der Waals surface area contributed by atoms with Crippen LogP contribution in [0.1, 0.15) is 34.5 Å². The van der Waals surface area contributed by atoms with E-state index in [4.69, 9.17) is 4.42 Å². The minimum absolute atomic E-state index is 0.108. The fraction of sp³-hybridized carbons (Fsp3) is 0.389. The van der Waals surface area contributed by atoms with Gasteiger partial charge in [0.25, 0.3) is 5.91 Å². The molecular weight excluding hydrogens is 292 g/mol. The number of hydrogen-bond acceptors (Lipinski definition) is 4. The van der Waals surface area contributed by atoms with Gasteiger partial charge in [0.2, 0.25) is 0 Å². The Hall–Kier alpha value is -2.11. The quantitative estimate of drug-likeness (QED) is 0.857. The second-order valence-corrected chi connectivity index (χ2v) is 5.91. The Morgan fingerprint density at radius 1 is 1.35 bits per heavy atom. The van der Waals surface area contributed by atoms with E-state index in [9.17, 15) is 9.90 Å². The molecule has 122 valence electrons. The molecule has 1 atom stereocenters. The van der Waals surface area contributed by atoms with Crippen LogP contribution in [0, 0.1) is 0 Å². The van der Waals surface area contributed by atoms with Crippen LogP contribution in [0.25, 0.3) is 0 Å². The van der Waals surface area contributed by atoms with E-state index in [2.05, 4.69) is 10.2 Å². The summed E-state index contributed by atoms with van der Waals surface area (Å²) in [6.07, 6.45) is 3.75. The molecule has 2 aromatic rings. The van der Waals surface area contributed by atoms with E-state index >= 15 is 0 Å². The van der Waals surface area contributed by atoms with Crippen LogP contribution in [-0.2, 0) is 13.1 Å². The Morgan fingerprint density at radius 3 is 3.04 bits per heavy atom. The van der Waals surface area contributed by atoms with Crippen LogP contribution in [-0.4, -0.2) is 35.1 Å². The maximum absolute atomic E-state index is 12.2. The van der Waals surface area contributed by atoms with Crippen molar-refractivity contribution in [2.45, 2.75) is 32.0 Å². The average Bonchev–Trinajstić information content (AvgIpc) is 3.24. The highest BCUT2D eigenvalue weighted by molar-refractivity contribution is 5.94. The van der Waals surface area contributed by atoms with Gasteiger partial charge in [0.15, 0.2) is 0 Å². The summed E-state index contributed by atoms with van der Waals surface area (Å²) < 4.78 is 5.21. The predicted molar refractivity (Wildman–Crippen MR) is 86.8 cm³/mol. The Balaban J connectivity index is 1.61. The molecule has 0 saturated carbocycles. The van der Waals surface area contributed by atoms with Gasteiger partial charge in [0.1, 0.15) is 5.76 Å². The molecule has 0 unspecified atom stereocenters. The Kier molecular flexibility index (Phi) is 5.10. The molecule has 0 aliphatic carbocycles. The van der Waals surface area contributed by atoms with Crippen LogP contribution in [0.5, 0.6) is 0 Å². The van der Waals surface area contributed by atoms with Gasteiger partial charge in [-0.15, -0.1) is 0 Å². The first kappa shape index (κ1) is 15.8. The van der Waals surface area contributed by atoms with E-state index in [1.54, 1.807) is 12.3 Å². The highest BCUT2D eigenvalue weighted by Gasteiger charge is 2.23. The highest BCUT2D eigenvalue weighted by atomic mass is 16.3. The SMILES string of the molecule is O=C(NCc1ccco1)c1cccc(CN2CCC[C@@H]2CO)c1. The molecule has 5 heteroatoms. The van der Waals surface area contributed by atoms with Gasteiger partial charge in [-0.05, 0) is 49.2 Å². The lowest BCUT2D eigenvalue weighted by Crippen LogP contribution is -2.31. The van der Waals surface area contributed by atoms with Crippen molar-refractivity contribution in [3.63, 3.8) is 0 Å². The summed E-state index contributed by atoms with van der Waals surface area (Å²) in [5, 5.41) is 12.3. The number of likely N-dealkylation sites (tertiary alicyclic amines) is 1. The van der Waals surface area contributed by atoms with Crippen molar-refractivity contribution in [2.75, 3.05) is 13.2 Å². The number of nitrogens with one attached hydrogen (secondary N) is 1. The fourth-order valence-corrected chi connectivity index (χ4v) is 3.04. The third kappa shape index (κ3) is 4.00. The first-order valence-corrected chi connectivity index (χ1v) is 8.00. The van der Waals surface area contributed by atoms with Crippen LogP contribution in [0.4, 0.5) is 0 Å². The molecular formula is C18H22N2O3. The minimum atomic E-state index is -0.108. The summed E-state index contributed by atoms with van der Waals surface area (Å²) in [6.45, 7) is 2.35. The lowest BCUT2D eigenvalue weighted by molar-refractivity contribution is 0.0947. The van der Waals surface area contributed by atoms with E-state index in [0.29, 0.717) is 12.1 Å². The van der Waals surface area contributed by atoms with Gasteiger partial charge >= 0.3 is 0 Å². The fourth-order valence-electron chi connectivity index (χ4n) is 3.04. The summed E-state index contributed by atoms with van der Waals surface area (Å²) in [5.74, 6) is 0.626. The molecule has 1 amide bonds. The lowest BCUT2D eigenvalue weighted by atomic mass is 10.1. The number of benzene rings is 1. The van der Waals surface area contributed by atoms with Gasteiger partial charge in [0, 0.05) is 18.2 Å². The standard InChI is InChI=1S/C18H22N2O3/c21-13-16-6-2-8-20(16)12-14-4-1-5-15(10-14)18(22)19-11-17-7-3-9-23-17/h1,3-5,7,9-10,16,21H,2,6,8,11-13H2,(H,19,22)/t16-/m1/s1. The highest BCUT2D eigenvalue weighted by Crippen LogP contribution is 2.20. The number of furan rings is 1. The van der Waals surface area contributed by atoms with Crippen LogP contribution in [0.2, 0.25) is 0 Å². The molecule has 1 aliphatic heterocycles. The van der Waals surface area contributed by atoms with Gasteiger partial charge in [0.05, 0.1) is 19.4 Å². The van der Waals surface area contributed by atoms with Gasteiger partial charge in [-0.1, -0.05) is 12.1 Å². The zero-order valence-corrected chi connectivity index (χ0v) is 13.1. The van der Waals surface area contributed by atoms with Crippen molar-refractivity contribution < 1.29 is 14.3 Å². The van der Waals surface area contributed by atoms with Crippen LogP contribution in [0.15, 0.2) is 47.1 Å². The zero-order chi connectivity index (χ0) is 16.1. The molecule has 1 aromatic heterocycles. The molecule has 5 nitrogen and oxygen atoms in total. The van der Waals surface area contributed by atoms with Crippen LogP contribution in [0.3, 0.4) is 0 Å². The van der Waals surface area contributed by atoms with E-state index in [-0.39, 0.29) is 18.6 Å². The molecule has 0 spiro atoms. The average molecular weight is 314 g/mol. The monoisotopic (exact) mass is 314 g/mol. The van der Waals surface area contributed by atoms with E-state index in [1.165, 1.54) is 0 Å². The summed E-state index contributed by atoms with van der Waals surface area (Å²) in [4.78, 5) is 14.5. The van der Waals surface area contributed by atoms with E-state index < -0.39 is 0 Å². The van der Waals surface area contributed by atoms with Crippen molar-refractivity contribution in [3.05, 3.63) is 59.5 Å². The molecule has 0 bridgehead atoms. The molecule has 3 rings (SSSR count). The molecule has 1 fully saturated rings. The number of aliphatic hydroxyl groups excluding tert-OH is 1. The predicted octanol–water partition coefficient (Wildman–Crippen LogP) is 2.17. The summed E-state index contributed by atoms with van der Waals surface area (Å²) in [7, 11) is 0. The summed E-state index contributed by atoms with van der Waals surface area (Å²) in [5.41, 5.74) is 1.74. The molecule has 2 N–H and O–H groups in total. The third-order valence-electron chi connectivity index (χ3n) is 4.29. The minimum Gasteiger partial charge on any atom is -0.467 e. The molecule has 1 saturated heterocycles. The van der Waals surface area contributed by atoms with Crippen LogP contribution < -0.4 is 5.32 Å². The van der Waals surface area contributed by atoms with Gasteiger partial charge in [-0.2, -0.15) is 0 Å². The van der Waals surface area contributed by atoms with Gasteiger partial charge < -0.3 is 14.8 Å². The number of aliphatic hydroxyl groups is 1. The Morgan fingerprint density at radius 2 is 2.26 bits per heavy atom. The third-order valence-corrected chi connectivity index (χ3v) is 4.29. The first-order valence-electron chi connectivity index (χ1n) is 8.00. The maximum Gasteiger partial charge on any atom is 0.251 e. The van der Waals surface area contributed by atoms with Crippen molar-refractivity contribution in [1.82, 2.24) is 10.2 Å². The smallest absolute Gasteiger partial charge is 0.251 e. The Labute approximate surface area is 135 Å². The largest absolute Gasteiger partial charge is 0.467 e. The van der Waals surface area contributed by atoms with Gasteiger partial charge in [-0.25, -0.2) is 0 Å². The number of rotatable bonds is 6. The first-order chi connectivity index (χ1) is 11.3. The van der Waals surface area contributed by atoms with Crippen molar-refractivity contribution in [2.24, 2.45) is 0 Å². The number of amides is 1. The molecule has 1 aliphatic rings. The summed E-state index contributed by atoms with van der Waals surface area (Å²) >= 11 is 0. The van der Waals surface area contributed by atoms with Crippen molar-refractivity contribution in [3.8, 4) is 0 Å². The number of hydrogen-bond donors (Lipinski definition) is 2. The number of nitrogens with zero attached hydrogens (tertiary/aromatic N) is 1. The molecule has 2 heterocycles. The van der Waals surface area contributed by atoms with Crippen molar-refractivity contribution >= 4 is 5.91 Å². The van der Waals surface area contributed by atoms with E-state index in [0.717, 1.165) is 37.3 Å². The molecule has 23 heavy (non-hydrogen) atoms. The van der Waals surface area contributed by atoms with Crippen LogP contribution >= 0.6 is 0 Å². The second kappa shape index (κ2) is 7.44. The number of carbonyl (C=O) groups is 1. The van der Waals surface area contributed by atoms with Crippen molar-refractivity contribution in [1.29, 1.82) is 0 Å².